The van der Waals surface area contributed by atoms with Crippen molar-refractivity contribution in [3.63, 3.8) is 0 Å². The van der Waals surface area contributed by atoms with E-state index >= 15 is 0 Å². The van der Waals surface area contributed by atoms with Gasteiger partial charge in [0.15, 0.2) is 0 Å². The van der Waals surface area contributed by atoms with Crippen LogP contribution < -0.4 is 21.3 Å². The van der Waals surface area contributed by atoms with Gasteiger partial charge in [-0.2, -0.15) is 0 Å². The van der Waals surface area contributed by atoms with E-state index in [-0.39, 0.29) is 38.3 Å². The number of imide groups is 2. The van der Waals surface area contributed by atoms with E-state index < -0.39 is 64.7 Å². The Morgan fingerprint density at radius 1 is 0.896 bits per heavy atom. The molecule has 1 unspecified atom stereocenters. The summed E-state index contributed by atoms with van der Waals surface area (Å²) in [6.07, 6.45) is 4.41. The number of H-pyrrole nitrogens is 1. The van der Waals surface area contributed by atoms with Crippen molar-refractivity contribution in [3.05, 3.63) is 36.0 Å². The molecule has 258 valence electrons. The van der Waals surface area contributed by atoms with Crippen LogP contribution >= 0.6 is 0 Å². The number of urea groups is 2. The average molecular weight is 666 g/mol. The Kier molecular flexibility index (Phi) is 9.78. The summed E-state index contributed by atoms with van der Waals surface area (Å²) in [5, 5.41) is 11.1. The molecule has 3 heterocycles. The molecule has 2 aliphatic heterocycles. The molecule has 15 nitrogen and oxygen atoms in total. The van der Waals surface area contributed by atoms with E-state index in [9.17, 15) is 33.6 Å². The monoisotopic (exact) mass is 665 g/mol. The maximum Gasteiger partial charge on any atom is 0.328 e. The minimum absolute atomic E-state index is 0.0440. The lowest BCUT2D eigenvalue weighted by Gasteiger charge is -2.71. The molecule has 2 aromatic rings. The lowest BCUT2D eigenvalue weighted by Crippen LogP contribution is -2.91. The van der Waals surface area contributed by atoms with Gasteiger partial charge >= 0.3 is 18.0 Å². The molecule has 48 heavy (non-hydrogen) atoms. The molecule has 0 spiro atoms. The molecule has 5 N–H and O–H groups in total. The van der Waals surface area contributed by atoms with Gasteiger partial charge in [-0.25, -0.2) is 14.4 Å². The highest BCUT2D eigenvalue weighted by atomic mass is 16.5. The molecular weight excluding hydrogens is 622 g/mol. The van der Waals surface area contributed by atoms with E-state index in [1.54, 1.807) is 20.0 Å². The molecule has 1 aliphatic carbocycles. The van der Waals surface area contributed by atoms with Crippen molar-refractivity contribution in [2.24, 2.45) is 10.8 Å². The Morgan fingerprint density at radius 2 is 1.48 bits per heavy atom. The van der Waals surface area contributed by atoms with Gasteiger partial charge in [0.25, 0.3) is 0 Å². The second kappa shape index (κ2) is 13.6. The number of hydrogen-bond donors (Lipinski definition) is 5. The number of para-hydroxylation sites is 1. The highest BCUT2D eigenvalue weighted by Gasteiger charge is 2.80. The summed E-state index contributed by atoms with van der Waals surface area (Å²) in [5.74, 6) is -2.78. The normalized spacial score (nSPS) is 25.3. The predicted molar refractivity (Wildman–Crippen MR) is 172 cm³/mol. The minimum Gasteiger partial charge on any atom is -0.467 e. The molecule has 1 saturated carbocycles. The molecule has 2 saturated heterocycles. The maximum absolute atomic E-state index is 13.4. The van der Waals surface area contributed by atoms with Gasteiger partial charge in [0.05, 0.1) is 30.0 Å². The largest absolute Gasteiger partial charge is 0.467 e. The van der Waals surface area contributed by atoms with Gasteiger partial charge in [-0.15, -0.1) is 0 Å². The third kappa shape index (κ3) is 5.85. The molecule has 5 rings (SSSR count). The topological polar surface area (TPSA) is 199 Å². The molecule has 0 bridgehead atoms. The van der Waals surface area contributed by atoms with E-state index in [2.05, 4.69) is 33.2 Å². The fourth-order valence-corrected chi connectivity index (χ4v) is 7.44. The van der Waals surface area contributed by atoms with Gasteiger partial charge < -0.3 is 30.2 Å². The second-order valence-electron chi connectivity index (χ2n) is 13.0. The Morgan fingerprint density at radius 3 is 2.06 bits per heavy atom. The summed E-state index contributed by atoms with van der Waals surface area (Å²) in [7, 11) is 1.23. The number of amides is 8. The molecular formula is C33H43N7O8. The molecule has 0 radical (unpaired) electrons. The van der Waals surface area contributed by atoms with Gasteiger partial charge in [0.1, 0.15) is 6.04 Å². The lowest BCUT2D eigenvalue weighted by molar-refractivity contribution is -0.213. The number of carbonyl (C=O) groups excluding carboxylic acids is 7. The maximum atomic E-state index is 13.4. The zero-order valence-corrected chi connectivity index (χ0v) is 27.6. The number of aromatic nitrogens is 1. The number of rotatable bonds is 14. The van der Waals surface area contributed by atoms with Crippen LogP contribution in [-0.4, -0.2) is 101 Å². The Labute approximate surface area is 277 Å². The van der Waals surface area contributed by atoms with E-state index in [4.69, 9.17) is 4.74 Å². The number of unbranched alkanes of at least 4 members (excludes halogenated alkanes) is 2. The highest BCUT2D eigenvalue weighted by molar-refractivity contribution is 6.11. The number of aromatic amines is 1. The predicted octanol–water partition coefficient (Wildman–Crippen LogP) is 1.32. The number of benzene rings is 1. The minimum atomic E-state index is -1.45. The fourth-order valence-electron chi connectivity index (χ4n) is 7.44. The van der Waals surface area contributed by atoms with Crippen molar-refractivity contribution in [1.29, 1.82) is 0 Å². The van der Waals surface area contributed by atoms with E-state index in [1.165, 1.54) is 16.9 Å². The van der Waals surface area contributed by atoms with Crippen molar-refractivity contribution >= 4 is 52.6 Å². The summed E-state index contributed by atoms with van der Waals surface area (Å²) in [5.41, 5.74) is -1.20. The second-order valence-corrected chi connectivity index (χ2v) is 13.0. The lowest BCUT2D eigenvalue weighted by atomic mass is 9.42. The molecule has 1 aromatic heterocycles. The number of nitrogens with zero attached hydrogens (tertiary/aromatic N) is 2. The van der Waals surface area contributed by atoms with Crippen LogP contribution in [0.1, 0.15) is 58.4 Å². The summed E-state index contributed by atoms with van der Waals surface area (Å²) in [6, 6.07) is 3.14. The number of esters is 1. The van der Waals surface area contributed by atoms with Crippen LogP contribution in [0.4, 0.5) is 9.59 Å². The fraction of sp³-hybridized carbons (Fsp3) is 0.545. The highest BCUT2D eigenvalue weighted by Crippen LogP contribution is 2.63. The first kappa shape index (κ1) is 34.4. The van der Waals surface area contributed by atoms with Crippen LogP contribution in [0.25, 0.3) is 10.9 Å². The molecule has 15 heteroatoms. The summed E-state index contributed by atoms with van der Waals surface area (Å²) >= 11 is 0. The van der Waals surface area contributed by atoms with Crippen molar-refractivity contribution in [3.8, 4) is 0 Å². The zero-order chi connectivity index (χ0) is 34.8. The van der Waals surface area contributed by atoms with Crippen LogP contribution in [0, 0.1) is 10.8 Å². The van der Waals surface area contributed by atoms with Crippen LogP contribution in [0.3, 0.4) is 0 Å². The summed E-state index contributed by atoms with van der Waals surface area (Å²) < 4.78 is 4.95. The molecule has 1 aromatic carbocycles. The Hall–Kier alpha value is -4.95. The third-order valence-corrected chi connectivity index (χ3v) is 10.3. The first-order chi connectivity index (χ1) is 22.9. The van der Waals surface area contributed by atoms with Gasteiger partial charge in [-0.3, -0.25) is 29.8 Å². The third-order valence-electron chi connectivity index (χ3n) is 10.3. The van der Waals surface area contributed by atoms with Crippen LogP contribution in [0.5, 0.6) is 0 Å². The standard InChI is InChI=1S/C33H43N7O8/c1-5-6-9-14-34-23(41)12-15-39-25-26-33(3,32(25,2)28(44)37-30(39)46)29(45)38-31(47)40(26)16-13-24(42)36-22(27(43)48-4)17-19-18-35-21-11-8-7-10-20(19)21/h7-8,10-11,18,22,25-26,35H,5-6,9,12-17H2,1-4H3,(H,34,41)(H,36,42)(H,37,44,46)(H,38,45,47)/t22?,25-,26+,32+,33-/m1/s1. The molecule has 3 fully saturated rings. The number of methoxy groups -OCH3 is 1. The Balaban J connectivity index is 1.31. The summed E-state index contributed by atoms with van der Waals surface area (Å²) in [6.45, 7) is 5.46. The van der Waals surface area contributed by atoms with Gasteiger partial charge in [-0.05, 0) is 31.9 Å². The van der Waals surface area contributed by atoms with Crippen LogP contribution in [0.2, 0.25) is 0 Å². The number of carbonyl (C=O) groups is 7. The molecule has 3 aliphatic rings. The van der Waals surface area contributed by atoms with Crippen molar-refractivity contribution in [2.45, 2.75) is 77.4 Å². The number of ether oxygens (including phenoxy) is 1. The van der Waals surface area contributed by atoms with Crippen molar-refractivity contribution < 1.29 is 38.3 Å². The van der Waals surface area contributed by atoms with Crippen LogP contribution in [-0.2, 0) is 35.1 Å². The summed E-state index contributed by atoms with van der Waals surface area (Å²) in [4.78, 5) is 97.4. The molecule has 5 atom stereocenters. The van der Waals surface area contributed by atoms with E-state index in [0.717, 1.165) is 35.7 Å². The first-order valence-corrected chi connectivity index (χ1v) is 16.3. The Bertz CT molecular complexity index is 1640. The van der Waals surface area contributed by atoms with E-state index in [0.29, 0.717) is 6.54 Å². The quantitative estimate of drug-likeness (QED) is 0.147. The first-order valence-electron chi connectivity index (χ1n) is 16.3. The van der Waals surface area contributed by atoms with E-state index in [1.807, 2.05) is 24.3 Å². The molecule has 8 amide bonds. The average Bonchev–Trinajstić information content (AvgIpc) is 3.47. The van der Waals surface area contributed by atoms with Gasteiger partial charge in [0, 0.05) is 56.0 Å². The van der Waals surface area contributed by atoms with Crippen molar-refractivity contribution in [1.82, 2.24) is 36.1 Å². The number of fused-ring (bicyclic) bond motifs is 5. The van der Waals surface area contributed by atoms with Crippen LogP contribution in [0.15, 0.2) is 30.5 Å². The van der Waals surface area contributed by atoms with Gasteiger partial charge in [-0.1, -0.05) is 38.0 Å². The zero-order valence-electron chi connectivity index (χ0n) is 27.6. The number of nitrogens with one attached hydrogen (secondary N) is 5. The van der Waals surface area contributed by atoms with Gasteiger partial charge in [0.2, 0.25) is 23.6 Å². The smallest absolute Gasteiger partial charge is 0.328 e. The number of hydrogen-bond acceptors (Lipinski definition) is 8. The SMILES string of the molecule is CCCCCNC(=O)CCN1C(=O)NC(=O)[C@]2(C)[C@H]1[C@@H]1N(CCC(=O)NC(Cc3c[nH]c4ccccc34)C(=O)OC)C(=O)NC(=O)[C@@]12C. The van der Waals surface area contributed by atoms with Crippen molar-refractivity contribution in [2.75, 3.05) is 26.7 Å².